The minimum absolute atomic E-state index is 0.175. The minimum atomic E-state index is -0.175. The maximum Gasteiger partial charge on any atom is 0.263 e. The van der Waals surface area contributed by atoms with Gasteiger partial charge in [-0.3, -0.25) is 9.69 Å². The van der Waals surface area contributed by atoms with E-state index in [9.17, 15) is 4.79 Å². The Bertz CT molecular complexity index is 938. The molecule has 3 nitrogen and oxygen atoms in total. The van der Waals surface area contributed by atoms with Crippen LogP contribution in [0.15, 0.2) is 66.7 Å². The van der Waals surface area contributed by atoms with Gasteiger partial charge in [-0.1, -0.05) is 35.3 Å². The Morgan fingerprint density at radius 3 is 2.25 bits per heavy atom. The van der Waals surface area contributed by atoms with Gasteiger partial charge in [-0.25, -0.2) is 0 Å². The molecule has 0 saturated carbocycles. The highest BCUT2D eigenvalue weighted by atomic mass is 35.5. The third kappa shape index (κ3) is 2.52. The van der Waals surface area contributed by atoms with Gasteiger partial charge in [-0.05, 0) is 54.6 Å². The molecule has 0 spiro atoms. The largest absolute Gasteiger partial charge is 0.453 e. The maximum absolute atomic E-state index is 13.1. The van der Waals surface area contributed by atoms with Crippen LogP contribution in [0.5, 0.6) is 11.5 Å². The first-order valence-corrected chi connectivity index (χ1v) is 8.05. The number of hydrogen-bond acceptors (Lipinski definition) is 2. The van der Waals surface area contributed by atoms with Gasteiger partial charge in [0.05, 0.1) is 11.4 Å². The van der Waals surface area contributed by atoms with E-state index in [4.69, 9.17) is 27.9 Å². The number of nitrogens with zero attached hydrogens (tertiary/aromatic N) is 1. The zero-order valence-electron chi connectivity index (χ0n) is 12.4. The predicted octanol–water partition coefficient (Wildman–Crippen LogP) is 6.08. The van der Waals surface area contributed by atoms with Gasteiger partial charge in [0.2, 0.25) is 0 Å². The molecule has 24 heavy (non-hydrogen) atoms. The van der Waals surface area contributed by atoms with Gasteiger partial charge < -0.3 is 4.74 Å². The molecule has 3 aromatic carbocycles. The molecule has 118 valence electrons. The topological polar surface area (TPSA) is 29.5 Å². The van der Waals surface area contributed by atoms with Crippen molar-refractivity contribution in [3.63, 3.8) is 0 Å². The molecule has 0 aliphatic carbocycles. The molecular weight excluding hydrogens is 345 g/mol. The number of amides is 1. The zero-order valence-corrected chi connectivity index (χ0v) is 13.9. The molecule has 1 aliphatic rings. The molecule has 1 heterocycles. The average Bonchev–Trinajstić information content (AvgIpc) is 2.60. The van der Waals surface area contributed by atoms with Crippen LogP contribution in [0.25, 0.3) is 0 Å². The lowest BCUT2D eigenvalue weighted by atomic mass is 10.1. The molecular formula is C19H11Cl2NO2. The molecule has 0 saturated heterocycles. The molecule has 5 heteroatoms. The molecule has 4 rings (SSSR count). The van der Waals surface area contributed by atoms with Crippen molar-refractivity contribution in [2.45, 2.75) is 0 Å². The van der Waals surface area contributed by atoms with Crippen molar-refractivity contribution in [3.05, 3.63) is 82.3 Å². The van der Waals surface area contributed by atoms with Gasteiger partial charge >= 0.3 is 0 Å². The molecule has 1 amide bonds. The summed E-state index contributed by atoms with van der Waals surface area (Å²) in [5.74, 6) is 1.03. The van der Waals surface area contributed by atoms with E-state index < -0.39 is 0 Å². The van der Waals surface area contributed by atoms with Crippen molar-refractivity contribution >= 4 is 40.5 Å². The van der Waals surface area contributed by atoms with Crippen LogP contribution in [-0.4, -0.2) is 5.91 Å². The SMILES string of the molecule is O=C(c1ccc(Cl)cc1)N1c2ccccc2Oc2ccc(Cl)cc21. The van der Waals surface area contributed by atoms with E-state index in [-0.39, 0.29) is 5.91 Å². The average molecular weight is 356 g/mol. The number of carbonyl (C=O) groups excluding carboxylic acids is 1. The maximum atomic E-state index is 13.1. The van der Waals surface area contributed by atoms with E-state index in [2.05, 4.69) is 0 Å². The lowest BCUT2D eigenvalue weighted by Gasteiger charge is -2.31. The van der Waals surface area contributed by atoms with Crippen LogP contribution in [0.2, 0.25) is 10.0 Å². The van der Waals surface area contributed by atoms with Crippen LogP contribution in [-0.2, 0) is 0 Å². The summed E-state index contributed by atoms with van der Waals surface area (Å²) in [7, 11) is 0. The van der Waals surface area contributed by atoms with E-state index in [1.807, 2.05) is 24.3 Å². The summed E-state index contributed by atoms with van der Waals surface area (Å²) in [5.41, 5.74) is 1.82. The van der Waals surface area contributed by atoms with Crippen LogP contribution < -0.4 is 9.64 Å². The Morgan fingerprint density at radius 2 is 1.46 bits per heavy atom. The van der Waals surface area contributed by atoms with E-state index in [1.54, 1.807) is 47.4 Å². The molecule has 1 aliphatic heterocycles. The van der Waals surface area contributed by atoms with Crippen molar-refractivity contribution in [1.82, 2.24) is 0 Å². The third-order valence-electron chi connectivity index (χ3n) is 3.78. The second kappa shape index (κ2) is 5.86. The number of anilines is 2. The van der Waals surface area contributed by atoms with Crippen molar-refractivity contribution < 1.29 is 9.53 Å². The van der Waals surface area contributed by atoms with E-state index in [0.29, 0.717) is 38.5 Å². The highest BCUT2D eigenvalue weighted by molar-refractivity contribution is 6.31. The summed E-state index contributed by atoms with van der Waals surface area (Å²) < 4.78 is 5.89. The minimum Gasteiger partial charge on any atom is -0.453 e. The first-order valence-electron chi connectivity index (χ1n) is 7.30. The Kier molecular flexibility index (Phi) is 3.68. The van der Waals surface area contributed by atoms with Gasteiger partial charge in [-0.15, -0.1) is 0 Å². The number of halogens is 2. The second-order valence-electron chi connectivity index (χ2n) is 5.33. The number of para-hydroxylation sites is 2. The lowest BCUT2D eigenvalue weighted by molar-refractivity contribution is 0.0997. The smallest absolute Gasteiger partial charge is 0.263 e. The van der Waals surface area contributed by atoms with Crippen LogP contribution in [0.1, 0.15) is 10.4 Å². The van der Waals surface area contributed by atoms with Crippen molar-refractivity contribution in [3.8, 4) is 11.5 Å². The zero-order chi connectivity index (χ0) is 16.7. The second-order valence-corrected chi connectivity index (χ2v) is 6.20. The fraction of sp³-hybridized carbons (Fsp3) is 0. The van der Waals surface area contributed by atoms with Crippen molar-refractivity contribution in [1.29, 1.82) is 0 Å². The standard InChI is InChI=1S/C19H11Cl2NO2/c20-13-7-5-12(6-8-13)19(23)22-15-3-1-2-4-17(15)24-18-10-9-14(21)11-16(18)22/h1-11H. The summed E-state index contributed by atoms with van der Waals surface area (Å²) in [6, 6.07) is 19.4. The summed E-state index contributed by atoms with van der Waals surface area (Å²) >= 11 is 12.1. The number of hydrogen-bond donors (Lipinski definition) is 0. The first kappa shape index (κ1) is 15.1. The molecule has 0 unspecified atom stereocenters. The van der Waals surface area contributed by atoms with Gasteiger partial charge in [0.1, 0.15) is 0 Å². The van der Waals surface area contributed by atoms with Crippen LogP contribution in [0, 0.1) is 0 Å². The molecule has 0 aromatic heterocycles. The number of ether oxygens (including phenoxy) is 1. The number of carbonyl (C=O) groups is 1. The number of fused-ring (bicyclic) bond motifs is 2. The van der Waals surface area contributed by atoms with Gasteiger partial charge in [0, 0.05) is 15.6 Å². The fourth-order valence-corrected chi connectivity index (χ4v) is 2.96. The summed E-state index contributed by atoms with van der Waals surface area (Å²) in [6.45, 7) is 0. The van der Waals surface area contributed by atoms with E-state index in [0.717, 1.165) is 0 Å². The Labute approximate surface area is 149 Å². The van der Waals surface area contributed by atoms with Crippen LogP contribution in [0.3, 0.4) is 0 Å². The van der Waals surface area contributed by atoms with Crippen molar-refractivity contribution in [2.24, 2.45) is 0 Å². The molecule has 0 bridgehead atoms. The van der Waals surface area contributed by atoms with E-state index in [1.165, 1.54) is 0 Å². The van der Waals surface area contributed by atoms with Crippen LogP contribution >= 0.6 is 23.2 Å². The molecule has 0 fully saturated rings. The monoisotopic (exact) mass is 355 g/mol. The molecule has 0 N–H and O–H groups in total. The summed E-state index contributed by atoms with van der Waals surface area (Å²) in [6.07, 6.45) is 0. The lowest BCUT2D eigenvalue weighted by Crippen LogP contribution is -2.28. The van der Waals surface area contributed by atoms with Crippen molar-refractivity contribution in [2.75, 3.05) is 4.90 Å². The normalized spacial score (nSPS) is 12.2. The van der Waals surface area contributed by atoms with E-state index >= 15 is 0 Å². The Morgan fingerprint density at radius 1 is 0.792 bits per heavy atom. The highest BCUT2D eigenvalue weighted by Crippen LogP contribution is 2.47. The van der Waals surface area contributed by atoms with Crippen LogP contribution in [0.4, 0.5) is 11.4 Å². The number of benzene rings is 3. The molecule has 3 aromatic rings. The van der Waals surface area contributed by atoms with Gasteiger partial charge in [0.25, 0.3) is 5.91 Å². The Balaban J connectivity index is 1.89. The molecule has 0 radical (unpaired) electrons. The quantitative estimate of drug-likeness (QED) is 0.529. The third-order valence-corrected chi connectivity index (χ3v) is 4.27. The highest BCUT2D eigenvalue weighted by Gasteiger charge is 2.30. The van der Waals surface area contributed by atoms with Gasteiger partial charge in [0.15, 0.2) is 11.5 Å². The fourth-order valence-electron chi connectivity index (χ4n) is 2.67. The summed E-state index contributed by atoms with van der Waals surface area (Å²) in [5, 5.41) is 1.11. The summed E-state index contributed by atoms with van der Waals surface area (Å²) in [4.78, 5) is 14.7. The Hall–Kier alpha value is -2.49. The number of rotatable bonds is 1. The molecule has 0 atom stereocenters. The predicted molar refractivity (Wildman–Crippen MR) is 95.9 cm³/mol. The first-order chi connectivity index (χ1) is 11.6. The van der Waals surface area contributed by atoms with Gasteiger partial charge in [-0.2, -0.15) is 0 Å².